The first-order valence-electron chi connectivity index (χ1n) is 21.5. The Kier molecular flexibility index (Phi) is 31.7. The average Bonchev–Trinajstić information content (AvgIpc) is 3.22. The topological polar surface area (TPSA) is 230 Å². The Labute approximate surface area is 357 Å². The molecule has 0 saturated heterocycles. The molecule has 0 radical (unpaired) electrons. The van der Waals surface area contributed by atoms with Gasteiger partial charge in [-0.25, -0.2) is 4.57 Å². The molecule has 1 saturated carbocycles. The average molecular weight is 869 g/mol. The first-order valence-corrected chi connectivity index (χ1v) is 23.0. The molecule has 0 amide bonds. The SMILES string of the molecule is CC/C=C\C/C=C\CC(O)/C=C/C=C\C/C=C\CCCC(=O)OC[C@H](COP(=O)(O)OC1[C@H](O)[C@H](O)C(O)[C@H](O)[C@H]1O)OC(=O)CCCCCCC/C=C\C/C=C\CCC. The van der Waals surface area contributed by atoms with Crippen LogP contribution in [0.15, 0.2) is 85.1 Å². The zero-order chi connectivity index (χ0) is 44.4. The standard InChI is InChI=1S/C45H73O14P/c1-3-5-7-9-11-12-13-14-15-16-21-25-29-33-39(48)58-37(35-57-60(54,55)59-45-43(52)41(50)40(49)42(51)44(45)53)34-56-38(47)32-28-24-20-18-17-19-23-27-31-36(46)30-26-22-10-8-6-4-2/h6-9,12-13,18-20,22-23,26-27,31,36-37,40-46,49-53H,3-5,10-11,14-17,21,24-25,28-30,32-35H2,1-2H3,(H,54,55)/b8-6-,9-7-,13-12-,20-18-,23-19-,26-22-,31-27+/t36?,37-,40?,41-,42+,43-,44-,45?/m1/s1. The lowest BCUT2D eigenvalue weighted by Crippen LogP contribution is -2.64. The van der Waals surface area contributed by atoms with E-state index in [1.54, 1.807) is 12.2 Å². The molecule has 1 aliphatic rings. The fourth-order valence-corrected chi connectivity index (χ4v) is 6.77. The lowest BCUT2D eigenvalue weighted by Gasteiger charge is -2.41. The Hall–Kier alpha value is -3.01. The van der Waals surface area contributed by atoms with Crippen LogP contribution < -0.4 is 0 Å². The highest BCUT2D eigenvalue weighted by Gasteiger charge is 2.51. The third-order valence-corrected chi connectivity index (χ3v) is 10.3. The predicted octanol–water partition coefficient (Wildman–Crippen LogP) is 6.69. The van der Waals surface area contributed by atoms with E-state index >= 15 is 0 Å². The molecule has 0 aliphatic heterocycles. The van der Waals surface area contributed by atoms with Crippen LogP contribution in [0.1, 0.15) is 123 Å². The second kappa shape index (κ2) is 34.6. The Morgan fingerprint density at radius 3 is 1.83 bits per heavy atom. The molecule has 14 nitrogen and oxygen atoms in total. The van der Waals surface area contributed by atoms with Crippen LogP contribution in [0.25, 0.3) is 0 Å². The van der Waals surface area contributed by atoms with Crippen LogP contribution in [0.2, 0.25) is 0 Å². The van der Waals surface area contributed by atoms with E-state index in [9.17, 15) is 49.7 Å². The summed E-state index contributed by atoms with van der Waals surface area (Å²) in [6.07, 6.45) is 26.8. The molecule has 1 rings (SSSR count). The van der Waals surface area contributed by atoms with E-state index in [0.717, 1.165) is 64.2 Å². The number of ether oxygens (including phenoxy) is 2. The Morgan fingerprint density at radius 2 is 1.17 bits per heavy atom. The molecule has 0 aromatic carbocycles. The number of phosphoric acid groups is 1. The summed E-state index contributed by atoms with van der Waals surface area (Å²) in [5.74, 6) is -1.23. The van der Waals surface area contributed by atoms with Crippen LogP contribution in [0.3, 0.4) is 0 Å². The Bertz CT molecular complexity index is 1390. The highest BCUT2D eigenvalue weighted by atomic mass is 31.2. The van der Waals surface area contributed by atoms with Gasteiger partial charge in [0.1, 0.15) is 43.2 Å². The van der Waals surface area contributed by atoms with Gasteiger partial charge < -0.3 is 45.0 Å². The molecule has 0 spiro atoms. The van der Waals surface area contributed by atoms with Gasteiger partial charge in [0.2, 0.25) is 0 Å². The Balaban J connectivity index is 2.58. The van der Waals surface area contributed by atoms with Crippen molar-refractivity contribution in [2.45, 2.75) is 172 Å². The van der Waals surface area contributed by atoms with Gasteiger partial charge in [0, 0.05) is 12.8 Å². The highest BCUT2D eigenvalue weighted by molar-refractivity contribution is 7.47. The van der Waals surface area contributed by atoms with Crippen molar-refractivity contribution in [1.82, 2.24) is 0 Å². The number of aliphatic hydroxyl groups excluding tert-OH is 6. The van der Waals surface area contributed by atoms with Gasteiger partial charge in [-0.15, -0.1) is 0 Å². The van der Waals surface area contributed by atoms with Crippen molar-refractivity contribution >= 4 is 19.8 Å². The summed E-state index contributed by atoms with van der Waals surface area (Å²) in [7, 11) is -5.15. The van der Waals surface area contributed by atoms with E-state index < -0.39 is 81.8 Å². The zero-order valence-corrected chi connectivity index (χ0v) is 36.5. The number of esters is 2. The molecule has 9 atom stereocenters. The predicted molar refractivity (Wildman–Crippen MR) is 231 cm³/mol. The molecule has 7 N–H and O–H groups in total. The summed E-state index contributed by atoms with van der Waals surface area (Å²) in [6, 6.07) is 0. The van der Waals surface area contributed by atoms with Crippen LogP contribution in [-0.2, 0) is 32.7 Å². The van der Waals surface area contributed by atoms with Gasteiger partial charge in [-0.3, -0.25) is 18.6 Å². The summed E-state index contributed by atoms with van der Waals surface area (Å²) in [6.45, 7) is 2.95. The fraction of sp³-hybridized carbons (Fsp3) is 0.644. The summed E-state index contributed by atoms with van der Waals surface area (Å²) in [5, 5.41) is 60.1. The molecule has 4 unspecified atom stereocenters. The van der Waals surface area contributed by atoms with Crippen molar-refractivity contribution in [3.8, 4) is 0 Å². The van der Waals surface area contributed by atoms with Gasteiger partial charge in [-0.05, 0) is 70.6 Å². The molecular formula is C45H73O14P. The molecule has 15 heteroatoms. The first-order chi connectivity index (χ1) is 28.8. The van der Waals surface area contributed by atoms with E-state index in [2.05, 4.69) is 50.3 Å². The highest BCUT2D eigenvalue weighted by Crippen LogP contribution is 2.47. The zero-order valence-electron chi connectivity index (χ0n) is 35.6. The third-order valence-electron chi connectivity index (χ3n) is 9.28. The number of hydrogen-bond donors (Lipinski definition) is 7. The molecule has 0 aromatic heterocycles. The molecule has 60 heavy (non-hydrogen) atoms. The molecular weight excluding hydrogens is 795 g/mol. The fourth-order valence-electron chi connectivity index (χ4n) is 5.80. The summed E-state index contributed by atoms with van der Waals surface area (Å²) in [4.78, 5) is 35.6. The normalized spacial score (nSPS) is 23.6. The molecule has 0 aromatic rings. The molecule has 1 fully saturated rings. The van der Waals surface area contributed by atoms with E-state index in [1.807, 2.05) is 36.5 Å². The number of phosphoric ester groups is 1. The first kappa shape index (κ1) is 55.0. The number of unbranched alkanes of at least 4 members (excludes halogenated alkanes) is 7. The quantitative estimate of drug-likeness (QED) is 0.0120. The number of carbonyl (C=O) groups excluding carboxylic acids is 2. The largest absolute Gasteiger partial charge is 0.472 e. The van der Waals surface area contributed by atoms with Crippen molar-refractivity contribution in [3.63, 3.8) is 0 Å². The van der Waals surface area contributed by atoms with Crippen molar-refractivity contribution in [2.24, 2.45) is 0 Å². The van der Waals surface area contributed by atoms with Gasteiger partial charge in [0.05, 0.1) is 12.7 Å². The number of hydrogen-bond acceptors (Lipinski definition) is 13. The number of rotatable bonds is 33. The number of allylic oxidation sites excluding steroid dienone is 12. The summed E-state index contributed by atoms with van der Waals surface area (Å²) < 4.78 is 33.3. The summed E-state index contributed by atoms with van der Waals surface area (Å²) >= 11 is 0. The van der Waals surface area contributed by atoms with Crippen molar-refractivity contribution in [1.29, 1.82) is 0 Å². The van der Waals surface area contributed by atoms with Crippen LogP contribution in [0.5, 0.6) is 0 Å². The molecule has 0 heterocycles. The lowest BCUT2D eigenvalue weighted by molar-refractivity contribution is -0.220. The molecule has 342 valence electrons. The Morgan fingerprint density at radius 1 is 0.617 bits per heavy atom. The smallest absolute Gasteiger partial charge is 0.462 e. The number of carbonyl (C=O) groups is 2. The van der Waals surface area contributed by atoms with E-state index in [4.69, 9.17) is 18.5 Å². The van der Waals surface area contributed by atoms with Gasteiger partial charge in [0.15, 0.2) is 6.10 Å². The third kappa shape index (κ3) is 27.0. The van der Waals surface area contributed by atoms with E-state index in [-0.39, 0.29) is 12.8 Å². The lowest BCUT2D eigenvalue weighted by atomic mass is 9.85. The minimum atomic E-state index is -5.15. The van der Waals surface area contributed by atoms with Crippen molar-refractivity contribution < 1.29 is 68.2 Å². The van der Waals surface area contributed by atoms with Gasteiger partial charge in [0.25, 0.3) is 0 Å². The molecule has 0 bridgehead atoms. The van der Waals surface area contributed by atoms with Crippen molar-refractivity contribution in [3.05, 3.63) is 85.1 Å². The van der Waals surface area contributed by atoms with Gasteiger partial charge in [-0.2, -0.15) is 0 Å². The number of aliphatic hydroxyl groups is 6. The van der Waals surface area contributed by atoms with Gasteiger partial charge in [-0.1, -0.05) is 125 Å². The van der Waals surface area contributed by atoms with Crippen LogP contribution in [0.4, 0.5) is 0 Å². The maximum absolute atomic E-state index is 12.8. The van der Waals surface area contributed by atoms with Crippen LogP contribution >= 0.6 is 7.82 Å². The maximum atomic E-state index is 12.8. The van der Waals surface area contributed by atoms with Gasteiger partial charge >= 0.3 is 19.8 Å². The van der Waals surface area contributed by atoms with Crippen LogP contribution in [-0.4, -0.2) is 110 Å². The van der Waals surface area contributed by atoms with Crippen molar-refractivity contribution in [2.75, 3.05) is 13.2 Å². The monoisotopic (exact) mass is 868 g/mol. The maximum Gasteiger partial charge on any atom is 0.472 e. The summed E-state index contributed by atoms with van der Waals surface area (Å²) in [5.41, 5.74) is 0. The second-order valence-electron chi connectivity index (χ2n) is 14.7. The van der Waals surface area contributed by atoms with E-state index in [0.29, 0.717) is 32.1 Å². The second-order valence-corrected chi connectivity index (χ2v) is 16.1. The van der Waals surface area contributed by atoms with E-state index in [1.165, 1.54) is 0 Å². The van der Waals surface area contributed by atoms with Crippen LogP contribution in [0, 0.1) is 0 Å². The minimum Gasteiger partial charge on any atom is -0.462 e. The minimum absolute atomic E-state index is 0.0486. The molecule has 1 aliphatic carbocycles.